The summed E-state index contributed by atoms with van der Waals surface area (Å²) in [4.78, 5) is 27.5. The van der Waals surface area contributed by atoms with Gasteiger partial charge in [-0.1, -0.05) is 12.1 Å². The summed E-state index contributed by atoms with van der Waals surface area (Å²) in [6, 6.07) is 8.94. The van der Waals surface area contributed by atoms with Crippen molar-refractivity contribution >= 4 is 17.9 Å². The van der Waals surface area contributed by atoms with Gasteiger partial charge in [-0.25, -0.2) is 0 Å². The summed E-state index contributed by atoms with van der Waals surface area (Å²) in [6.07, 6.45) is 3.88. The molecule has 3 aromatic rings. The summed E-state index contributed by atoms with van der Waals surface area (Å²) in [6.45, 7) is 0. The van der Waals surface area contributed by atoms with E-state index in [1.165, 1.54) is 0 Å². The van der Waals surface area contributed by atoms with E-state index in [0.717, 1.165) is 11.1 Å². The van der Waals surface area contributed by atoms with Crippen LogP contribution in [0, 0.1) is 0 Å². The van der Waals surface area contributed by atoms with Crippen molar-refractivity contribution in [3.63, 3.8) is 0 Å². The summed E-state index contributed by atoms with van der Waals surface area (Å²) >= 11 is 0. The van der Waals surface area contributed by atoms with E-state index in [4.69, 9.17) is 0 Å². The number of benzene rings is 1. The lowest BCUT2D eigenvalue weighted by Gasteiger charge is -2.05. The van der Waals surface area contributed by atoms with Crippen molar-refractivity contribution in [1.29, 1.82) is 0 Å². The minimum atomic E-state index is -0.143. The SMILES string of the molecule is O=CNc1cccc2c1C(=O)c1c(-c3ccncc3)n[nH]c1-2. The number of rotatable bonds is 3. The highest BCUT2D eigenvalue weighted by Gasteiger charge is 2.34. The minimum absolute atomic E-state index is 0.143. The van der Waals surface area contributed by atoms with E-state index in [2.05, 4.69) is 20.5 Å². The summed E-state index contributed by atoms with van der Waals surface area (Å²) in [5, 5.41) is 9.78. The minimum Gasteiger partial charge on any atom is -0.328 e. The number of amides is 1. The zero-order valence-corrected chi connectivity index (χ0v) is 11.3. The number of H-pyrrole nitrogens is 1. The summed E-state index contributed by atoms with van der Waals surface area (Å²) < 4.78 is 0. The van der Waals surface area contributed by atoms with Crippen LogP contribution in [0.2, 0.25) is 0 Å². The van der Waals surface area contributed by atoms with Crippen molar-refractivity contribution in [3.8, 4) is 22.5 Å². The van der Waals surface area contributed by atoms with E-state index < -0.39 is 0 Å². The molecule has 2 N–H and O–H groups in total. The van der Waals surface area contributed by atoms with Crippen LogP contribution in [0.1, 0.15) is 15.9 Å². The van der Waals surface area contributed by atoms with Crippen LogP contribution >= 0.6 is 0 Å². The van der Waals surface area contributed by atoms with Gasteiger partial charge in [0.05, 0.1) is 22.5 Å². The smallest absolute Gasteiger partial charge is 0.211 e. The van der Waals surface area contributed by atoms with Crippen molar-refractivity contribution in [3.05, 3.63) is 53.9 Å². The second kappa shape index (κ2) is 4.63. The number of aromatic nitrogens is 3. The Kier molecular flexibility index (Phi) is 2.62. The molecule has 0 unspecified atom stereocenters. The molecule has 1 amide bonds. The van der Waals surface area contributed by atoms with Gasteiger partial charge < -0.3 is 5.32 Å². The zero-order valence-electron chi connectivity index (χ0n) is 11.3. The Labute approximate surface area is 125 Å². The molecule has 6 heteroatoms. The Balaban J connectivity index is 1.93. The first kappa shape index (κ1) is 12.5. The van der Waals surface area contributed by atoms with Gasteiger partial charge in [0.15, 0.2) is 5.78 Å². The first-order valence-electron chi connectivity index (χ1n) is 6.68. The van der Waals surface area contributed by atoms with Crippen LogP contribution in [0.3, 0.4) is 0 Å². The van der Waals surface area contributed by atoms with Crippen molar-refractivity contribution in [2.24, 2.45) is 0 Å². The molecule has 0 spiro atoms. The predicted molar refractivity (Wildman–Crippen MR) is 80.4 cm³/mol. The second-order valence-corrected chi connectivity index (χ2v) is 4.88. The molecule has 22 heavy (non-hydrogen) atoms. The maximum atomic E-state index is 12.8. The van der Waals surface area contributed by atoms with Crippen LogP contribution in [0.25, 0.3) is 22.5 Å². The maximum Gasteiger partial charge on any atom is 0.211 e. The Morgan fingerprint density at radius 2 is 1.91 bits per heavy atom. The molecule has 0 atom stereocenters. The van der Waals surface area contributed by atoms with Crippen LogP contribution < -0.4 is 5.32 Å². The van der Waals surface area contributed by atoms with Crippen molar-refractivity contribution in [2.75, 3.05) is 5.32 Å². The van der Waals surface area contributed by atoms with Crippen LogP contribution in [0.5, 0.6) is 0 Å². The van der Waals surface area contributed by atoms with E-state index in [-0.39, 0.29) is 5.78 Å². The van der Waals surface area contributed by atoms with Crippen molar-refractivity contribution in [1.82, 2.24) is 15.2 Å². The first-order chi connectivity index (χ1) is 10.8. The molecule has 0 aliphatic heterocycles. The molecule has 1 aromatic carbocycles. The number of carbonyl (C=O) groups is 2. The van der Waals surface area contributed by atoms with Crippen molar-refractivity contribution < 1.29 is 9.59 Å². The standard InChI is InChI=1S/C16H10N4O2/c21-8-18-11-3-1-2-10-12(11)16(22)13-14(19-20-15(10)13)9-4-6-17-7-5-9/h1-8H,(H,18,21)(H,19,20). The molecule has 6 nitrogen and oxygen atoms in total. The van der Waals surface area contributed by atoms with Gasteiger partial charge in [0.25, 0.3) is 0 Å². The lowest BCUT2D eigenvalue weighted by atomic mass is 10.0. The molecule has 106 valence electrons. The predicted octanol–water partition coefficient (Wildman–Crippen LogP) is 2.25. The van der Waals surface area contributed by atoms with Gasteiger partial charge in [-0.3, -0.25) is 19.7 Å². The molecule has 0 fully saturated rings. The molecule has 2 heterocycles. The normalized spacial score (nSPS) is 11.9. The summed E-state index contributed by atoms with van der Waals surface area (Å²) in [7, 11) is 0. The topological polar surface area (TPSA) is 87.7 Å². The highest BCUT2D eigenvalue weighted by atomic mass is 16.1. The van der Waals surface area contributed by atoms with E-state index >= 15 is 0 Å². The molecule has 1 aliphatic carbocycles. The molecule has 0 saturated heterocycles. The number of pyridine rings is 1. The number of carbonyl (C=O) groups excluding carboxylic acids is 2. The van der Waals surface area contributed by atoms with Gasteiger partial charge >= 0.3 is 0 Å². The number of hydrogen-bond donors (Lipinski definition) is 2. The molecule has 0 bridgehead atoms. The fourth-order valence-electron chi connectivity index (χ4n) is 2.79. The number of anilines is 1. The third-order valence-electron chi connectivity index (χ3n) is 3.72. The highest BCUT2D eigenvalue weighted by Crippen LogP contribution is 2.42. The molecule has 4 rings (SSSR count). The van der Waals surface area contributed by atoms with E-state index in [0.29, 0.717) is 34.6 Å². The average Bonchev–Trinajstić information content (AvgIpc) is 3.10. The molecule has 2 aromatic heterocycles. The number of nitrogens with one attached hydrogen (secondary N) is 2. The van der Waals surface area contributed by atoms with Crippen LogP contribution in [-0.2, 0) is 4.79 Å². The fraction of sp³-hybridized carbons (Fsp3) is 0. The lowest BCUT2D eigenvalue weighted by molar-refractivity contribution is -0.105. The van der Waals surface area contributed by atoms with E-state index in [1.54, 1.807) is 36.7 Å². The summed E-state index contributed by atoms with van der Waals surface area (Å²) in [5.74, 6) is -0.143. The van der Waals surface area contributed by atoms with E-state index in [9.17, 15) is 9.59 Å². The quantitative estimate of drug-likeness (QED) is 0.566. The van der Waals surface area contributed by atoms with Crippen LogP contribution in [-0.4, -0.2) is 27.4 Å². The fourth-order valence-corrected chi connectivity index (χ4v) is 2.79. The molecular weight excluding hydrogens is 280 g/mol. The number of nitrogens with zero attached hydrogens (tertiary/aromatic N) is 2. The van der Waals surface area contributed by atoms with Gasteiger partial charge in [0, 0.05) is 23.5 Å². The molecular formula is C16H10N4O2. The second-order valence-electron chi connectivity index (χ2n) is 4.88. The lowest BCUT2D eigenvalue weighted by Crippen LogP contribution is -2.04. The van der Waals surface area contributed by atoms with E-state index in [1.807, 2.05) is 6.07 Å². The van der Waals surface area contributed by atoms with Gasteiger partial charge in [0.2, 0.25) is 6.41 Å². The third kappa shape index (κ3) is 1.61. The number of aromatic amines is 1. The molecule has 0 radical (unpaired) electrons. The maximum absolute atomic E-state index is 12.8. The summed E-state index contributed by atoms with van der Waals surface area (Å²) in [5.41, 5.74) is 4.37. The third-order valence-corrected chi connectivity index (χ3v) is 3.72. The highest BCUT2D eigenvalue weighted by molar-refractivity contribution is 6.26. The first-order valence-corrected chi connectivity index (χ1v) is 6.68. The van der Waals surface area contributed by atoms with Gasteiger partial charge in [0.1, 0.15) is 5.69 Å². The van der Waals surface area contributed by atoms with Gasteiger partial charge in [-0.15, -0.1) is 0 Å². The van der Waals surface area contributed by atoms with Crippen molar-refractivity contribution in [2.45, 2.75) is 0 Å². The Morgan fingerprint density at radius 1 is 1.09 bits per heavy atom. The van der Waals surface area contributed by atoms with Gasteiger partial charge in [-0.05, 0) is 18.2 Å². The monoisotopic (exact) mass is 290 g/mol. The Hall–Kier alpha value is -3.28. The van der Waals surface area contributed by atoms with Gasteiger partial charge in [-0.2, -0.15) is 5.10 Å². The largest absolute Gasteiger partial charge is 0.328 e. The average molecular weight is 290 g/mol. The Bertz CT molecular complexity index is 900. The Morgan fingerprint density at radius 3 is 2.68 bits per heavy atom. The van der Waals surface area contributed by atoms with Crippen LogP contribution in [0.15, 0.2) is 42.7 Å². The van der Waals surface area contributed by atoms with Crippen LogP contribution in [0.4, 0.5) is 5.69 Å². The molecule has 0 saturated carbocycles. The molecule has 1 aliphatic rings. The number of ketones is 1. The number of fused-ring (bicyclic) bond motifs is 3. The number of hydrogen-bond acceptors (Lipinski definition) is 4. The zero-order chi connectivity index (χ0) is 15.1.